The Kier molecular flexibility index (Phi) is 3.02. The van der Waals surface area contributed by atoms with E-state index in [0.29, 0.717) is 11.9 Å². The van der Waals surface area contributed by atoms with Crippen LogP contribution in [-0.4, -0.2) is 11.0 Å². The third kappa shape index (κ3) is 2.49. The Labute approximate surface area is 71.8 Å². The van der Waals surface area contributed by atoms with E-state index in [1.54, 1.807) is 12.1 Å². The first-order valence-electron chi connectivity index (χ1n) is 4.11. The molecule has 66 valence electrons. The standard InChI is InChI=1S/C9H13FN2/c1-3-7(2)11-9-6-4-5-8(10)12-9/h4-7H,3H2,1-2H3,(H,11,12). The molecule has 0 saturated heterocycles. The Morgan fingerprint density at radius 2 is 2.33 bits per heavy atom. The van der Waals surface area contributed by atoms with Crippen LogP contribution >= 0.6 is 0 Å². The summed E-state index contributed by atoms with van der Waals surface area (Å²) in [6, 6.07) is 5.07. The summed E-state index contributed by atoms with van der Waals surface area (Å²) >= 11 is 0. The molecule has 1 aromatic heterocycles. The second-order valence-electron chi connectivity index (χ2n) is 2.80. The lowest BCUT2D eigenvalue weighted by Gasteiger charge is -2.11. The first-order chi connectivity index (χ1) is 5.72. The van der Waals surface area contributed by atoms with Gasteiger partial charge in [0.25, 0.3) is 0 Å². The van der Waals surface area contributed by atoms with Gasteiger partial charge in [0.05, 0.1) is 0 Å². The number of pyridine rings is 1. The number of hydrogen-bond donors (Lipinski definition) is 1. The predicted molar refractivity (Wildman–Crippen MR) is 47.6 cm³/mol. The van der Waals surface area contributed by atoms with Crippen molar-refractivity contribution in [3.05, 3.63) is 24.1 Å². The van der Waals surface area contributed by atoms with E-state index >= 15 is 0 Å². The first kappa shape index (κ1) is 8.97. The zero-order valence-corrected chi connectivity index (χ0v) is 7.34. The molecule has 0 saturated carbocycles. The van der Waals surface area contributed by atoms with Gasteiger partial charge in [-0.25, -0.2) is 4.98 Å². The number of hydrogen-bond acceptors (Lipinski definition) is 2. The van der Waals surface area contributed by atoms with Crippen LogP contribution < -0.4 is 5.32 Å². The predicted octanol–water partition coefficient (Wildman–Crippen LogP) is 2.43. The normalized spacial score (nSPS) is 12.6. The third-order valence-corrected chi connectivity index (χ3v) is 1.72. The maximum atomic E-state index is 12.6. The molecule has 0 spiro atoms. The van der Waals surface area contributed by atoms with Gasteiger partial charge in [-0.3, -0.25) is 0 Å². The van der Waals surface area contributed by atoms with E-state index in [-0.39, 0.29) is 0 Å². The lowest BCUT2D eigenvalue weighted by atomic mass is 10.2. The minimum Gasteiger partial charge on any atom is -0.368 e. The zero-order valence-electron chi connectivity index (χ0n) is 7.34. The molecular formula is C9H13FN2. The van der Waals surface area contributed by atoms with Gasteiger partial charge in [-0.15, -0.1) is 0 Å². The maximum Gasteiger partial charge on any atom is 0.214 e. The number of rotatable bonds is 3. The van der Waals surface area contributed by atoms with Crippen LogP contribution in [0.2, 0.25) is 0 Å². The lowest BCUT2D eigenvalue weighted by molar-refractivity contribution is 0.583. The average Bonchev–Trinajstić information content (AvgIpc) is 2.04. The zero-order chi connectivity index (χ0) is 8.97. The first-order valence-corrected chi connectivity index (χ1v) is 4.11. The molecule has 0 aliphatic carbocycles. The van der Waals surface area contributed by atoms with Gasteiger partial charge in [0.15, 0.2) is 0 Å². The number of nitrogens with one attached hydrogen (secondary N) is 1. The Bertz CT molecular complexity index is 250. The van der Waals surface area contributed by atoms with Gasteiger partial charge < -0.3 is 5.32 Å². The fourth-order valence-electron chi connectivity index (χ4n) is 0.843. The third-order valence-electron chi connectivity index (χ3n) is 1.72. The van der Waals surface area contributed by atoms with E-state index in [0.717, 1.165) is 6.42 Å². The summed E-state index contributed by atoms with van der Waals surface area (Å²) in [6.07, 6.45) is 0.998. The Morgan fingerprint density at radius 1 is 1.58 bits per heavy atom. The van der Waals surface area contributed by atoms with E-state index in [9.17, 15) is 4.39 Å². The molecule has 1 N–H and O–H groups in total. The topological polar surface area (TPSA) is 24.9 Å². The van der Waals surface area contributed by atoms with Crippen LogP contribution in [0.25, 0.3) is 0 Å². The molecule has 0 radical (unpaired) electrons. The van der Waals surface area contributed by atoms with Gasteiger partial charge in [0.1, 0.15) is 5.82 Å². The summed E-state index contributed by atoms with van der Waals surface area (Å²) in [5, 5.41) is 3.08. The summed E-state index contributed by atoms with van der Waals surface area (Å²) < 4.78 is 12.6. The molecule has 1 atom stereocenters. The summed E-state index contributed by atoms with van der Waals surface area (Å²) in [5.41, 5.74) is 0. The van der Waals surface area contributed by atoms with Crippen LogP contribution in [0.15, 0.2) is 18.2 Å². The molecule has 3 heteroatoms. The maximum absolute atomic E-state index is 12.6. The van der Waals surface area contributed by atoms with Crippen molar-refractivity contribution in [3.63, 3.8) is 0 Å². The Morgan fingerprint density at radius 3 is 2.92 bits per heavy atom. The minimum absolute atomic E-state index is 0.333. The summed E-state index contributed by atoms with van der Waals surface area (Å²) in [4.78, 5) is 3.68. The van der Waals surface area contributed by atoms with Crippen LogP contribution in [0, 0.1) is 5.95 Å². The highest BCUT2D eigenvalue weighted by Crippen LogP contribution is 2.06. The quantitative estimate of drug-likeness (QED) is 0.701. The minimum atomic E-state index is -0.441. The number of nitrogens with zero attached hydrogens (tertiary/aromatic N) is 1. The molecule has 0 fully saturated rings. The van der Waals surface area contributed by atoms with E-state index < -0.39 is 5.95 Å². The van der Waals surface area contributed by atoms with Crippen molar-refractivity contribution in [1.82, 2.24) is 4.98 Å². The van der Waals surface area contributed by atoms with Gasteiger partial charge in [0.2, 0.25) is 5.95 Å². The van der Waals surface area contributed by atoms with Crippen LogP contribution in [-0.2, 0) is 0 Å². The van der Waals surface area contributed by atoms with Crippen molar-refractivity contribution in [2.75, 3.05) is 5.32 Å². The van der Waals surface area contributed by atoms with Gasteiger partial charge in [-0.05, 0) is 25.5 Å². The molecule has 0 aliphatic rings. The number of aromatic nitrogens is 1. The largest absolute Gasteiger partial charge is 0.368 e. The number of halogens is 1. The second kappa shape index (κ2) is 4.04. The summed E-state index contributed by atoms with van der Waals surface area (Å²) in [5.74, 6) is 0.160. The molecule has 12 heavy (non-hydrogen) atoms. The molecule has 2 nitrogen and oxygen atoms in total. The van der Waals surface area contributed by atoms with E-state index in [2.05, 4.69) is 17.2 Å². The highest BCUT2D eigenvalue weighted by molar-refractivity contribution is 5.34. The van der Waals surface area contributed by atoms with Gasteiger partial charge in [0, 0.05) is 6.04 Å². The smallest absolute Gasteiger partial charge is 0.214 e. The lowest BCUT2D eigenvalue weighted by Crippen LogP contribution is -2.14. The number of anilines is 1. The molecule has 1 aromatic rings. The van der Waals surface area contributed by atoms with E-state index in [4.69, 9.17) is 0 Å². The summed E-state index contributed by atoms with van der Waals surface area (Å²) in [7, 11) is 0. The molecule has 0 bridgehead atoms. The summed E-state index contributed by atoms with van der Waals surface area (Å²) in [6.45, 7) is 4.10. The van der Waals surface area contributed by atoms with Crippen molar-refractivity contribution in [3.8, 4) is 0 Å². The molecule has 1 rings (SSSR count). The Balaban J connectivity index is 2.63. The molecule has 1 unspecified atom stereocenters. The molecule has 1 heterocycles. The van der Waals surface area contributed by atoms with Gasteiger partial charge >= 0.3 is 0 Å². The van der Waals surface area contributed by atoms with Crippen LogP contribution in [0.5, 0.6) is 0 Å². The SMILES string of the molecule is CCC(C)Nc1cccc(F)n1. The Hall–Kier alpha value is -1.12. The molecular weight excluding hydrogens is 155 g/mol. The van der Waals surface area contributed by atoms with Crippen molar-refractivity contribution < 1.29 is 4.39 Å². The molecule has 0 aliphatic heterocycles. The van der Waals surface area contributed by atoms with Crippen LogP contribution in [0.3, 0.4) is 0 Å². The van der Waals surface area contributed by atoms with Crippen LogP contribution in [0.4, 0.5) is 10.2 Å². The monoisotopic (exact) mass is 168 g/mol. The fourth-order valence-corrected chi connectivity index (χ4v) is 0.843. The van der Waals surface area contributed by atoms with Crippen LogP contribution in [0.1, 0.15) is 20.3 Å². The highest BCUT2D eigenvalue weighted by atomic mass is 19.1. The average molecular weight is 168 g/mol. The van der Waals surface area contributed by atoms with E-state index in [1.165, 1.54) is 6.07 Å². The fraction of sp³-hybridized carbons (Fsp3) is 0.444. The molecule has 0 amide bonds. The van der Waals surface area contributed by atoms with Gasteiger partial charge in [-0.2, -0.15) is 4.39 Å². The highest BCUT2D eigenvalue weighted by Gasteiger charge is 1.99. The van der Waals surface area contributed by atoms with Crippen molar-refractivity contribution >= 4 is 5.82 Å². The molecule has 0 aromatic carbocycles. The van der Waals surface area contributed by atoms with Crippen molar-refractivity contribution in [2.24, 2.45) is 0 Å². The van der Waals surface area contributed by atoms with E-state index in [1.807, 2.05) is 6.92 Å². The van der Waals surface area contributed by atoms with Crippen molar-refractivity contribution in [2.45, 2.75) is 26.3 Å². The van der Waals surface area contributed by atoms with Crippen molar-refractivity contribution in [1.29, 1.82) is 0 Å². The second-order valence-corrected chi connectivity index (χ2v) is 2.80. The van der Waals surface area contributed by atoms with Gasteiger partial charge in [-0.1, -0.05) is 13.0 Å².